The average Bonchev–Trinajstić information content (AvgIpc) is 3.03. The molecule has 0 saturated heterocycles. The maximum atomic E-state index is 12.0. The highest BCUT2D eigenvalue weighted by molar-refractivity contribution is 7.20. The van der Waals surface area contributed by atoms with Crippen LogP contribution in [-0.4, -0.2) is 17.0 Å². The van der Waals surface area contributed by atoms with Crippen molar-refractivity contribution in [2.75, 3.05) is 0 Å². The Kier molecular flexibility index (Phi) is 4.88. The van der Waals surface area contributed by atoms with Crippen LogP contribution in [0.15, 0.2) is 54.6 Å². The molecular weight excluding hydrogens is 324 g/mol. The number of carbonyl (C=O) groups is 2. The minimum absolute atomic E-state index is 0.0344. The van der Waals surface area contributed by atoms with Crippen LogP contribution in [0.2, 0.25) is 0 Å². The Morgan fingerprint density at radius 3 is 2.54 bits per heavy atom. The molecule has 0 saturated carbocycles. The van der Waals surface area contributed by atoms with Crippen LogP contribution in [-0.2, 0) is 17.8 Å². The summed E-state index contributed by atoms with van der Waals surface area (Å²) in [7, 11) is 0. The van der Waals surface area contributed by atoms with Gasteiger partial charge >= 0.3 is 0 Å². The molecule has 0 atom stereocenters. The van der Waals surface area contributed by atoms with Gasteiger partial charge in [0, 0.05) is 11.2 Å². The number of hydrogen-bond donors (Lipinski definition) is 3. The minimum atomic E-state index is -0.520. The first-order valence-corrected chi connectivity index (χ1v) is 8.25. The molecule has 3 N–H and O–H groups in total. The van der Waals surface area contributed by atoms with Crippen LogP contribution in [0, 0.1) is 0 Å². The van der Waals surface area contributed by atoms with Gasteiger partial charge in [-0.15, -0.1) is 11.3 Å². The van der Waals surface area contributed by atoms with Gasteiger partial charge in [-0.05, 0) is 28.6 Å². The molecule has 0 spiro atoms. The molecule has 0 radical (unpaired) electrons. The normalized spacial score (nSPS) is 10.5. The Morgan fingerprint density at radius 2 is 1.79 bits per heavy atom. The van der Waals surface area contributed by atoms with E-state index in [2.05, 4.69) is 5.32 Å². The van der Waals surface area contributed by atoms with Gasteiger partial charge in [-0.3, -0.25) is 14.8 Å². The van der Waals surface area contributed by atoms with Gasteiger partial charge in [-0.2, -0.15) is 0 Å². The summed E-state index contributed by atoms with van der Waals surface area (Å²) < 4.78 is 0.934. The molecule has 2 amide bonds. The van der Waals surface area contributed by atoms with Crippen molar-refractivity contribution in [2.45, 2.75) is 13.0 Å². The molecule has 1 heterocycles. The maximum Gasteiger partial charge on any atom is 0.284 e. The Labute approximate surface area is 142 Å². The number of nitrogens with one attached hydrogen (secondary N) is 2. The smallest absolute Gasteiger partial charge is 0.284 e. The number of carbonyl (C=O) groups excluding carboxylic acids is 2. The fraction of sp³-hybridized carbons (Fsp3) is 0.111. The Hall–Kier alpha value is -2.70. The second kappa shape index (κ2) is 7.25. The van der Waals surface area contributed by atoms with Gasteiger partial charge in [0.15, 0.2) is 0 Å². The van der Waals surface area contributed by atoms with E-state index in [4.69, 9.17) is 5.21 Å². The second-order valence-corrected chi connectivity index (χ2v) is 6.45. The van der Waals surface area contributed by atoms with Crippen molar-refractivity contribution >= 4 is 33.2 Å². The number of fused-ring (bicyclic) bond motifs is 1. The third-order valence-electron chi connectivity index (χ3n) is 3.61. The van der Waals surface area contributed by atoms with Crippen LogP contribution in [0.1, 0.15) is 20.8 Å². The lowest BCUT2D eigenvalue weighted by Crippen LogP contribution is -2.24. The van der Waals surface area contributed by atoms with Gasteiger partial charge in [0.2, 0.25) is 5.91 Å². The summed E-state index contributed by atoms with van der Waals surface area (Å²) in [6.07, 6.45) is 0.350. The van der Waals surface area contributed by atoms with E-state index in [1.165, 1.54) is 11.3 Å². The Balaban J connectivity index is 1.64. The van der Waals surface area contributed by atoms with Crippen LogP contribution in [0.3, 0.4) is 0 Å². The predicted molar refractivity (Wildman–Crippen MR) is 93.1 cm³/mol. The van der Waals surface area contributed by atoms with E-state index in [-0.39, 0.29) is 5.91 Å². The van der Waals surface area contributed by atoms with Gasteiger partial charge in [0.1, 0.15) is 0 Å². The summed E-state index contributed by atoms with van der Waals surface area (Å²) in [4.78, 5) is 23.9. The lowest BCUT2D eigenvalue weighted by molar-refractivity contribution is -0.120. The fourth-order valence-corrected chi connectivity index (χ4v) is 3.41. The zero-order valence-electron chi connectivity index (χ0n) is 12.8. The van der Waals surface area contributed by atoms with Crippen molar-refractivity contribution in [3.8, 4) is 0 Å². The highest BCUT2D eigenvalue weighted by Crippen LogP contribution is 2.26. The summed E-state index contributed by atoms with van der Waals surface area (Å²) in [5, 5.41) is 12.5. The van der Waals surface area contributed by atoms with Crippen LogP contribution >= 0.6 is 11.3 Å². The van der Waals surface area contributed by atoms with Gasteiger partial charge in [-0.1, -0.05) is 42.5 Å². The molecule has 0 bridgehead atoms. The second-order valence-electron chi connectivity index (χ2n) is 5.36. The third kappa shape index (κ3) is 3.79. The third-order valence-corrected chi connectivity index (χ3v) is 4.70. The van der Waals surface area contributed by atoms with Crippen LogP contribution < -0.4 is 10.8 Å². The van der Waals surface area contributed by atoms with E-state index in [1.807, 2.05) is 48.5 Å². The molecule has 1 aromatic heterocycles. The number of hydroxylamine groups is 1. The number of benzene rings is 2. The van der Waals surface area contributed by atoms with Gasteiger partial charge < -0.3 is 5.32 Å². The largest absolute Gasteiger partial charge is 0.352 e. The van der Waals surface area contributed by atoms with E-state index < -0.39 is 5.91 Å². The van der Waals surface area contributed by atoms with Crippen molar-refractivity contribution < 1.29 is 14.8 Å². The zero-order valence-corrected chi connectivity index (χ0v) is 13.6. The van der Waals surface area contributed by atoms with Gasteiger partial charge in [-0.25, -0.2) is 5.48 Å². The minimum Gasteiger partial charge on any atom is -0.352 e. The molecule has 0 aliphatic carbocycles. The quantitative estimate of drug-likeness (QED) is 0.494. The summed E-state index contributed by atoms with van der Waals surface area (Å²) >= 11 is 1.30. The van der Waals surface area contributed by atoms with Crippen molar-refractivity contribution in [3.05, 3.63) is 70.6 Å². The highest BCUT2D eigenvalue weighted by Gasteiger charge is 2.10. The van der Waals surface area contributed by atoms with Crippen molar-refractivity contribution in [3.63, 3.8) is 0 Å². The first kappa shape index (κ1) is 16.2. The van der Waals surface area contributed by atoms with E-state index in [1.54, 1.807) is 11.5 Å². The molecule has 3 rings (SSSR count). The Bertz CT molecular complexity index is 874. The molecule has 0 fully saturated rings. The topological polar surface area (TPSA) is 78.4 Å². The van der Waals surface area contributed by atoms with E-state index >= 15 is 0 Å². The van der Waals surface area contributed by atoms with E-state index in [9.17, 15) is 9.59 Å². The van der Waals surface area contributed by atoms with E-state index in [0.717, 1.165) is 21.2 Å². The number of amides is 2. The molecule has 24 heavy (non-hydrogen) atoms. The summed E-state index contributed by atoms with van der Waals surface area (Å²) in [6, 6.07) is 17.1. The zero-order chi connectivity index (χ0) is 16.9. The van der Waals surface area contributed by atoms with Crippen LogP contribution in [0.5, 0.6) is 0 Å². The molecule has 5 nitrogen and oxygen atoms in total. The maximum absolute atomic E-state index is 12.0. The molecule has 6 heteroatoms. The number of hydrogen-bond acceptors (Lipinski definition) is 4. The number of rotatable bonds is 5. The predicted octanol–water partition coefficient (Wildman–Crippen LogP) is 2.88. The SMILES string of the molecule is O=C(Cc1ccccc1)NCc1ccc2cc(C(=O)NO)sc2c1. The fourth-order valence-electron chi connectivity index (χ4n) is 2.40. The molecular formula is C18H16N2O3S. The average molecular weight is 340 g/mol. The van der Waals surface area contributed by atoms with Gasteiger partial charge in [0.25, 0.3) is 5.91 Å². The summed E-state index contributed by atoms with van der Waals surface area (Å²) in [6.45, 7) is 0.432. The summed E-state index contributed by atoms with van der Waals surface area (Å²) in [5.41, 5.74) is 3.57. The van der Waals surface area contributed by atoms with Crippen molar-refractivity contribution in [1.29, 1.82) is 0 Å². The lowest BCUT2D eigenvalue weighted by Gasteiger charge is -2.06. The van der Waals surface area contributed by atoms with Gasteiger partial charge in [0.05, 0.1) is 11.3 Å². The van der Waals surface area contributed by atoms with Crippen molar-refractivity contribution in [2.24, 2.45) is 0 Å². The monoisotopic (exact) mass is 340 g/mol. The lowest BCUT2D eigenvalue weighted by atomic mass is 10.1. The number of thiophene rings is 1. The van der Waals surface area contributed by atoms with Crippen molar-refractivity contribution in [1.82, 2.24) is 10.8 Å². The summed E-state index contributed by atoms with van der Waals surface area (Å²) in [5.74, 6) is -0.554. The van der Waals surface area contributed by atoms with Crippen LogP contribution in [0.4, 0.5) is 0 Å². The van der Waals surface area contributed by atoms with Crippen LogP contribution in [0.25, 0.3) is 10.1 Å². The first-order chi connectivity index (χ1) is 11.7. The molecule has 0 aliphatic rings. The van der Waals surface area contributed by atoms with E-state index in [0.29, 0.717) is 17.8 Å². The molecule has 2 aromatic carbocycles. The molecule has 0 unspecified atom stereocenters. The highest BCUT2D eigenvalue weighted by atomic mass is 32.1. The Morgan fingerprint density at radius 1 is 1.00 bits per heavy atom. The standard InChI is InChI=1S/C18H16N2O3S/c21-17(9-12-4-2-1-3-5-12)19-11-13-6-7-14-10-16(18(22)20-23)24-15(14)8-13/h1-8,10,23H,9,11H2,(H,19,21)(H,20,22). The molecule has 3 aromatic rings. The first-order valence-electron chi connectivity index (χ1n) is 7.43. The molecule has 0 aliphatic heterocycles. The molecule has 122 valence electrons.